The Morgan fingerprint density at radius 2 is 2.21 bits per heavy atom. The second kappa shape index (κ2) is 8.47. The SMILES string of the molecule is C[C@@H]1[C@H](N(C(=O)C=NOCC(F)(F)F)c2csc(N)n2)C(=O)N1OCS(=O)(=O)O. The number of carbonyl (C=O) groups is 2. The van der Waals surface area contributed by atoms with Crippen molar-refractivity contribution >= 4 is 50.4 Å². The van der Waals surface area contributed by atoms with Gasteiger partial charge in [0.15, 0.2) is 5.13 Å². The highest BCUT2D eigenvalue weighted by Crippen LogP contribution is 2.31. The molecule has 1 aromatic rings. The fourth-order valence-electron chi connectivity index (χ4n) is 2.25. The lowest BCUT2D eigenvalue weighted by Crippen LogP contribution is -2.70. The Labute approximate surface area is 165 Å². The second-order valence-electron chi connectivity index (χ2n) is 5.55. The molecule has 2 atom stereocenters. The lowest BCUT2D eigenvalue weighted by atomic mass is 9.98. The lowest BCUT2D eigenvalue weighted by molar-refractivity contribution is -0.222. The fraction of sp³-hybridized carbons (Fsp3) is 0.500. The lowest BCUT2D eigenvalue weighted by Gasteiger charge is -2.47. The summed E-state index contributed by atoms with van der Waals surface area (Å²) in [7, 11) is -4.53. The van der Waals surface area contributed by atoms with E-state index in [0.29, 0.717) is 11.3 Å². The van der Waals surface area contributed by atoms with Crippen molar-refractivity contribution in [3.05, 3.63) is 5.38 Å². The van der Waals surface area contributed by atoms with Gasteiger partial charge in [-0.15, -0.1) is 11.3 Å². The molecule has 0 bridgehead atoms. The molecule has 0 spiro atoms. The third-order valence-electron chi connectivity index (χ3n) is 3.38. The number of amides is 2. The molecule has 1 fully saturated rings. The number of halogens is 3. The number of rotatable bonds is 8. The first-order valence-electron chi connectivity index (χ1n) is 7.47. The summed E-state index contributed by atoms with van der Waals surface area (Å²) in [6.45, 7) is -0.334. The minimum absolute atomic E-state index is 0.0435. The van der Waals surface area contributed by atoms with Crippen LogP contribution in [0.1, 0.15) is 6.92 Å². The molecule has 162 valence electrons. The predicted octanol–water partition coefficient (Wildman–Crippen LogP) is -0.000800. The summed E-state index contributed by atoms with van der Waals surface area (Å²) in [5, 5.41) is 4.91. The van der Waals surface area contributed by atoms with Crippen molar-refractivity contribution in [2.75, 3.05) is 23.2 Å². The number of nitrogens with zero attached hydrogens (tertiary/aromatic N) is 4. The predicted molar refractivity (Wildman–Crippen MR) is 92.1 cm³/mol. The van der Waals surface area contributed by atoms with E-state index in [9.17, 15) is 31.2 Å². The zero-order valence-corrected chi connectivity index (χ0v) is 16.1. The van der Waals surface area contributed by atoms with Gasteiger partial charge >= 0.3 is 6.18 Å². The van der Waals surface area contributed by atoms with E-state index < -0.39 is 52.7 Å². The molecule has 3 N–H and O–H groups in total. The molecule has 0 saturated carbocycles. The molecule has 2 amide bonds. The van der Waals surface area contributed by atoms with E-state index in [1.54, 1.807) is 0 Å². The average Bonchev–Trinajstić information content (AvgIpc) is 3.00. The van der Waals surface area contributed by atoms with Gasteiger partial charge < -0.3 is 10.6 Å². The molecule has 2 heterocycles. The first kappa shape index (κ1) is 22.8. The number of alkyl halides is 3. The maximum absolute atomic E-state index is 12.4. The van der Waals surface area contributed by atoms with Crippen molar-refractivity contribution in [1.82, 2.24) is 10.0 Å². The van der Waals surface area contributed by atoms with E-state index in [2.05, 4.69) is 19.8 Å². The van der Waals surface area contributed by atoms with Crippen LogP contribution < -0.4 is 10.6 Å². The highest BCUT2D eigenvalue weighted by molar-refractivity contribution is 7.85. The van der Waals surface area contributed by atoms with Crippen LogP contribution in [0.3, 0.4) is 0 Å². The third kappa shape index (κ3) is 5.99. The van der Waals surface area contributed by atoms with Gasteiger partial charge in [0.2, 0.25) is 12.5 Å². The average molecular weight is 461 g/mol. The number of hydroxylamine groups is 2. The summed E-state index contributed by atoms with van der Waals surface area (Å²) in [6.07, 6.45) is -4.24. The van der Waals surface area contributed by atoms with E-state index in [1.807, 2.05) is 0 Å². The number of anilines is 2. The smallest absolute Gasteiger partial charge is 0.386 e. The summed E-state index contributed by atoms with van der Waals surface area (Å²) in [4.78, 5) is 38.1. The van der Waals surface area contributed by atoms with Gasteiger partial charge in [0.1, 0.15) is 18.1 Å². The number of nitrogen functional groups attached to an aromatic ring is 1. The molecular formula is C12H14F3N5O7S2. The number of β-lactam (4-membered cyclic amide) rings is 1. The van der Waals surface area contributed by atoms with Gasteiger partial charge in [0.25, 0.3) is 21.9 Å². The van der Waals surface area contributed by atoms with Gasteiger partial charge in [-0.1, -0.05) is 5.16 Å². The van der Waals surface area contributed by atoms with Crippen LogP contribution in [0.4, 0.5) is 24.1 Å². The number of nitrogens with two attached hydrogens (primary N) is 1. The van der Waals surface area contributed by atoms with Crippen molar-refractivity contribution in [1.29, 1.82) is 0 Å². The first-order chi connectivity index (χ1) is 13.3. The first-order valence-corrected chi connectivity index (χ1v) is 9.96. The summed E-state index contributed by atoms with van der Waals surface area (Å²) in [6, 6.07) is -2.15. The Bertz CT molecular complexity index is 904. The summed E-state index contributed by atoms with van der Waals surface area (Å²) >= 11 is 0.930. The molecule has 1 aliphatic rings. The zero-order chi connectivity index (χ0) is 22.0. The Morgan fingerprint density at radius 3 is 2.69 bits per heavy atom. The van der Waals surface area contributed by atoms with Gasteiger partial charge in [0, 0.05) is 5.38 Å². The summed E-state index contributed by atoms with van der Waals surface area (Å²) in [5.74, 6) is -3.19. The largest absolute Gasteiger partial charge is 0.425 e. The molecule has 0 aromatic carbocycles. The van der Waals surface area contributed by atoms with E-state index in [4.69, 9.17) is 10.3 Å². The Hall–Kier alpha value is -2.50. The van der Waals surface area contributed by atoms with Crippen LogP contribution in [0, 0.1) is 0 Å². The Kier molecular flexibility index (Phi) is 6.66. The fourth-order valence-corrected chi connectivity index (χ4v) is 3.04. The minimum atomic E-state index is -4.66. The number of oxime groups is 1. The van der Waals surface area contributed by atoms with Crippen molar-refractivity contribution in [2.45, 2.75) is 25.2 Å². The van der Waals surface area contributed by atoms with Gasteiger partial charge in [-0.3, -0.25) is 23.9 Å². The number of carbonyl (C=O) groups excluding carboxylic acids is 2. The van der Waals surface area contributed by atoms with Gasteiger partial charge in [-0.2, -0.15) is 21.6 Å². The number of thiazole rings is 1. The molecule has 2 rings (SSSR count). The van der Waals surface area contributed by atoms with Crippen molar-refractivity contribution in [2.24, 2.45) is 5.16 Å². The highest BCUT2D eigenvalue weighted by Gasteiger charge is 2.52. The molecule has 29 heavy (non-hydrogen) atoms. The van der Waals surface area contributed by atoms with Crippen LogP contribution in [0.5, 0.6) is 0 Å². The molecule has 0 unspecified atom stereocenters. The monoisotopic (exact) mass is 461 g/mol. The van der Waals surface area contributed by atoms with E-state index >= 15 is 0 Å². The summed E-state index contributed by atoms with van der Waals surface area (Å²) < 4.78 is 66.4. The Balaban J connectivity index is 2.16. The highest BCUT2D eigenvalue weighted by atomic mass is 32.2. The van der Waals surface area contributed by atoms with E-state index in [0.717, 1.165) is 16.2 Å². The van der Waals surface area contributed by atoms with Crippen LogP contribution in [0.2, 0.25) is 0 Å². The molecule has 12 nitrogen and oxygen atoms in total. The Morgan fingerprint density at radius 1 is 1.55 bits per heavy atom. The van der Waals surface area contributed by atoms with Crippen molar-refractivity contribution in [3.63, 3.8) is 0 Å². The molecule has 1 aliphatic heterocycles. The second-order valence-corrected chi connectivity index (χ2v) is 7.84. The van der Waals surface area contributed by atoms with Gasteiger partial charge in [-0.05, 0) is 6.92 Å². The number of hydrogen-bond donors (Lipinski definition) is 2. The van der Waals surface area contributed by atoms with Crippen LogP contribution in [-0.4, -0.2) is 71.9 Å². The molecule has 17 heteroatoms. The van der Waals surface area contributed by atoms with Crippen LogP contribution in [-0.2, 0) is 29.4 Å². The number of aromatic nitrogens is 1. The van der Waals surface area contributed by atoms with Gasteiger partial charge in [0.05, 0.1) is 6.04 Å². The summed E-state index contributed by atoms with van der Waals surface area (Å²) in [5.41, 5.74) is 5.51. The van der Waals surface area contributed by atoms with Crippen LogP contribution >= 0.6 is 11.3 Å². The molecule has 0 aliphatic carbocycles. The normalized spacial score (nSPS) is 20.0. The maximum atomic E-state index is 12.4. The van der Waals surface area contributed by atoms with Crippen molar-refractivity contribution in [3.8, 4) is 0 Å². The third-order valence-corrected chi connectivity index (χ3v) is 4.44. The minimum Gasteiger partial charge on any atom is -0.386 e. The standard InChI is InChI=1S/C12H14F3N5O7S2/c1-6-9(10(22)20(6)27-5-29(23,24)25)19(7-3-28-11(16)18-7)8(21)2-17-26-4-12(13,14)15/h2-3,6,9H,4-5H2,1H3,(H2,16,18)(H,23,24,25)/t6-,9+/m1/s1. The van der Waals surface area contributed by atoms with E-state index in [-0.39, 0.29) is 10.9 Å². The van der Waals surface area contributed by atoms with E-state index in [1.165, 1.54) is 12.3 Å². The molecule has 0 radical (unpaired) electrons. The topological polar surface area (TPSA) is 165 Å². The van der Waals surface area contributed by atoms with Crippen LogP contribution in [0.25, 0.3) is 0 Å². The van der Waals surface area contributed by atoms with Crippen LogP contribution in [0.15, 0.2) is 10.5 Å². The number of hydrogen-bond acceptors (Lipinski definition) is 10. The molecule has 1 saturated heterocycles. The molecule has 1 aromatic heterocycles. The van der Waals surface area contributed by atoms with Gasteiger partial charge in [-0.25, -0.2) is 10.0 Å². The molecular weight excluding hydrogens is 447 g/mol. The maximum Gasteiger partial charge on any atom is 0.425 e. The van der Waals surface area contributed by atoms with Crippen molar-refractivity contribution < 1.29 is 45.4 Å². The zero-order valence-electron chi connectivity index (χ0n) is 14.4. The quantitative estimate of drug-likeness (QED) is 0.235.